The number of fused-ring (bicyclic) bond motifs is 1. The molecule has 0 aliphatic heterocycles. The van der Waals surface area contributed by atoms with Crippen LogP contribution in [0.1, 0.15) is 10.6 Å². The minimum Gasteiger partial charge on any atom is -0.361 e. The maximum absolute atomic E-state index is 12.0. The molecule has 0 aliphatic carbocycles. The van der Waals surface area contributed by atoms with E-state index >= 15 is 0 Å². The molecule has 0 unspecified atom stereocenters. The van der Waals surface area contributed by atoms with Gasteiger partial charge < -0.3 is 4.74 Å². The first-order valence-corrected chi connectivity index (χ1v) is 11.9. The molecule has 0 saturated carbocycles. The second kappa shape index (κ2) is 6.85. The first-order chi connectivity index (χ1) is 9.92. The lowest BCUT2D eigenvalue weighted by Crippen LogP contribution is -2.22. The summed E-state index contributed by atoms with van der Waals surface area (Å²) in [6.07, 6.45) is 0. The maximum atomic E-state index is 12.0. The normalized spacial score (nSPS) is 12.0. The molecule has 0 saturated heterocycles. The molecule has 21 heavy (non-hydrogen) atoms. The Morgan fingerprint density at radius 1 is 1.33 bits per heavy atom. The fourth-order valence-corrected chi connectivity index (χ4v) is 3.02. The number of nitrogens with zero attached hydrogens (tertiary/aromatic N) is 2. The zero-order valence-corrected chi connectivity index (χ0v) is 15.3. The van der Waals surface area contributed by atoms with Crippen molar-refractivity contribution in [3.63, 3.8) is 0 Å². The van der Waals surface area contributed by atoms with Crippen LogP contribution in [-0.4, -0.2) is 35.3 Å². The average molecular weight is 369 g/mol. The van der Waals surface area contributed by atoms with Gasteiger partial charge >= 0.3 is 0 Å². The van der Waals surface area contributed by atoms with Crippen LogP contribution in [0.5, 0.6) is 0 Å². The van der Waals surface area contributed by atoms with Crippen molar-refractivity contribution < 1.29 is 9.53 Å². The lowest BCUT2D eigenvalue weighted by Gasteiger charge is -2.16. The molecule has 2 rings (SSSR count). The second-order valence-electron chi connectivity index (χ2n) is 6.26. The number of ether oxygens (including phenoxy) is 1. The van der Waals surface area contributed by atoms with Gasteiger partial charge in [-0.25, -0.2) is 4.98 Å². The molecular formula is C15H21BrN2O2Si. The summed E-state index contributed by atoms with van der Waals surface area (Å²) in [4.78, 5) is 16.4. The van der Waals surface area contributed by atoms with Crippen molar-refractivity contribution in [2.45, 2.75) is 32.4 Å². The molecule has 0 fully saturated rings. The Morgan fingerprint density at radius 2 is 2.05 bits per heavy atom. The van der Waals surface area contributed by atoms with E-state index < -0.39 is 8.07 Å². The monoisotopic (exact) mass is 368 g/mol. The molecule has 0 aliphatic rings. The molecule has 4 nitrogen and oxygen atoms in total. The van der Waals surface area contributed by atoms with E-state index in [4.69, 9.17) is 4.74 Å². The molecule has 1 heterocycles. The number of halogens is 1. The van der Waals surface area contributed by atoms with Crippen LogP contribution >= 0.6 is 15.9 Å². The predicted molar refractivity (Wildman–Crippen MR) is 92.0 cm³/mol. The SMILES string of the molecule is C[Si](C)(C)CCOCn1c(C(=O)CBr)nc2ccccc21. The minimum absolute atomic E-state index is 0.0278. The van der Waals surface area contributed by atoms with Crippen molar-refractivity contribution >= 4 is 40.8 Å². The van der Waals surface area contributed by atoms with Crippen LogP contribution in [0.2, 0.25) is 25.7 Å². The summed E-state index contributed by atoms with van der Waals surface area (Å²) in [7, 11) is -1.10. The number of hydrogen-bond donors (Lipinski definition) is 0. The summed E-state index contributed by atoms with van der Waals surface area (Å²) in [5.74, 6) is 0.432. The summed E-state index contributed by atoms with van der Waals surface area (Å²) < 4.78 is 7.65. The molecule has 0 atom stereocenters. The number of imidazole rings is 1. The smallest absolute Gasteiger partial charge is 0.208 e. The van der Waals surface area contributed by atoms with E-state index in [0.717, 1.165) is 23.7 Å². The van der Waals surface area contributed by atoms with Crippen LogP contribution < -0.4 is 0 Å². The van der Waals surface area contributed by atoms with Crippen molar-refractivity contribution in [2.24, 2.45) is 0 Å². The third-order valence-corrected chi connectivity index (χ3v) is 5.46. The molecule has 0 spiro atoms. The molecule has 1 aromatic carbocycles. The number of benzene rings is 1. The fraction of sp³-hybridized carbons (Fsp3) is 0.467. The van der Waals surface area contributed by atoms with Gasteiger partial charge in [0.15, 0.2) is 5.82 Å². The van der Waals surface area contributed by atoms with Crippen LogP contribution in [0.15, 0.2) is 24.3 Å². The highest BCUT2D eigenvalue weighted by atomic mass is 79.9. The highest BCUT2D eigenvalue weighted by molar-refractivity contribution is 9.09. The number of carbonyl (C=O) groups is 1. The Morgan fingerprint density at radius 3 is 2.71 bits per heavy atom. The van der Waals surface area contributed by atoms with Crippen molar-refractivity contribution in [3.05, 3.63) is 30.1 Å². The average Bonchev–Trinajstić information content (AvgIpc) is 2.80. The predicted octanol–water partition coefficient (Wildman–Crippen LogP) is 3.93. The van der Waals surface area contributed by atoms with Gasteiger partial charge in [0.2, 0.25) is 5.78 Å². The quantitative estimate of drug-likeness (QED) is 0.322. The van der Waals surface area contributed by atoms with E-state index in [-0.39, 0.29) is 11.1 Å². The minimum atomic E-state index is -1.10. The molecule has 2 aromatic rings. The number of alkyl halides is 1. The van der Waals surface area contributed by atoms with Gasteiger partial charge in [0, 0.05) is 14.7 Å². The molecule has 0 N–H and O–H groups in total. The molecular weight excluding hydrogens is 348 g/mol. The Balaban J connectivity index is 2.18. The van der Waals surface area contributed by atoms with Crippen molar-refractivity contribution in [2.75, 3.05) is 11.9 Å². The molecule has 0 radical (unpaired) electrons. The van der Waals surface area contributed by atoms with Crippen LogP contribution in [-0.2, 0) is 11.5 Å². The Kier molecular flexibility index (Phi) is 5.35. The molecule has 6 heteroatoms. The number of carbonyl (C=O) groups excluding carboxylic acids is 1. The van der Waals surface area contributed by atoms with Gasteiger partial charge in [-0.15, -0.1) is 0 Å². The Labute approximate surface area is 134 Å². The van der Waals surface area contributed by atoms with Gasteiger partial charge in [-0.1, -0.05) is 47.7 Å². The van der Waals surface area contributed by atoms with Crippen molar-refractivity contribution in [1.29, 1.82) is 0 Å². The highest BCUT2D eigenvalue weighted by Gasteiger charge is 2.17. The molecule has 1 aromatic heterocycles. The number of rotatable bonds is 7. The van der Waals surface area contributed by atoms with E-state index in [9.17, 15) is 4.79 Å². The zero-order valence-electron chi connectivity index (χ0n) is 12.7. The second-order valence-corrected chi connectivity index (χ2v) is 12.4. The van der Waals surface area contributed by atoms with Crippen LogP contribution in [0, 0.1) is 0 Å². The third-order valence-electron chi connectivity index (χ3n) is 3.24. The van der Waals surface area contributed by atoms with Gasteiger partial charge in [0.05, 0.1) is 16.4 Å². The van der Waals surface area contributed by atoms with E-state index in [0.29, 0.717) is 12.6 Å². The maximum Gasteiger partial charge on any atom is 0.208 e. The number of Topliss-reactive ketones (excluding diaryl/α,β-unsaturated/α-hetero) is 1. The van der Waals surface area contributed by atoms with Crippen LogP contribution in [0.4, 0.5) is 0 Å². The lowest BCUT2D eigenvalue weighted by atomic mass is 10.3. The van der Waals surface area contributed by atoms with Crippen LogP contribution in [0.3, 0.4) is 0 Å². The number of ketones is 1. The lowest BCUT2D eigenvalue weighted by molar-refractivity contribution is 0.0829. The van der Waals surface area contributed by atoms with Crippen LogP contribution in [0.25, 0.3) is 11.0 Å². The van der Waals surface area contributed by atoms with Crippen molar-refractivity contribution in [3.8, 4) is 0 Å². The summed E-state index contributed by atoms with van der Waals surface area (Å²) in [6.45, 7) is 8.07. The molecule has 0 bridgehead atoms. The summed E-state index contributed by atoms with van der Waals surface area (Å²) in [5.41, 5.74) is 1.77. The summed E-state index contributed by atoms with van der Waals surface area (Å²) in [5, 5.41) is 0.269. The van der Waals surface area contributed by atoms with E-state index in [1.165, 1.54) is 0 Å². The summed E-state index contributed by atoms with van der Waals surface area (Å²) >= 11 is 3.21. The van der Waals surface area contributed by atoms with E-state index in [2.05, 4.69) is 40.6 Å². The topological polar surface area (TPSA) is 44.1 Å². The Hall–Kier alpha value is -0.983. The van der Waals surface area contributed by atoms with Crippen molar-refractivity contribution in [1.82, 2.24) is 9.55 Å². The third kappa shape index (κ3) is 4.25. The first-order valence-electron chi connectivity index (χ1n) is 7.04. The van der Waals surface area contributed by atoms with Gasteiger partial charge in [0.25, 0.3) is 0 Å². The summed E-state index contributed by atoms with van der Waals surface area (Å²) in [6, 6.07) is 8.87. The largest absolute Gasteiger partial charge is 0.361 e. The molecule has 0 amide bonds. The van der Waals surface area contributed by atoms with Gasteiger partial charge in [0.1, 0.15) is 6.73 Å². The number of hydrogen-bond acceptors (Lipinski definition) is 3. The number of para-hydroxylation sites is 2. The van der Waals surface area contributed by atoms with Gasteiger partial charge in [-0.2, -0.15) is 0 Å². The standard InChI is InChI=1S/C15H21BrN2O2Si/c1-21(2,3)9-8-20-11-18-13-7-5-4-6-12(13)17-15(18)14(19)10-16/h4-7H,8-11H2,1-3H3. The van der Waals surface area contributed by atoms with Gasteiger partial charge in [-0.3, -0.25) is 9.36 Å². The van der Waals surface area contributed by atoms with E-state index in [1.807, 2.05) is 28.8 Å². The Bertz CT molecular complexity index is 634. The first kappa shape index (κ1) is 16.4. The van der Waals surface area contributed by atoms with Gasteiger partial charge in [-0.05, 0) is 18.2 Å². The highest BCUT2D eigenvalue weighted by Crippen LogP contribution is 2.17. The van der Waals surface area contributed by atoms with E-state index in [1.54, 1.807) is 0 Å². The molecule has 114 valence electrons. The fourth-order valence-electron chi connectivity index (χ4n) is 2.01. The zero-order chi connectivity index (χ0) is 15.5. The number of aromatic nitrogens is 2.